The topological polar surface area (TPSA) is 153 Å². The largest absolute Gasteiger partial charge is 0.388 e. The normalized spacial score (nSPS) is 30.8. The molecule has 108 valence electrons. The van der Waals surface area contributed by atoms with E-state index in [1.54, 1.807) is 0 Å². The Morgan fingerprint density at radius 2 is 2.00 bits per heavy atom. The second-order valence-corrected chi connectivity index (χ2v) is 4.53. The second-order valence-electron chi connectivity index (χ2n) is 4.53. The van der Waals surface area contributed by atoms with Crippen molar-refractivity contribution in [3.8, 4) is 0 Å². The van der Waals surface area contributed by atoms with Crippen molar-refractivity contribution in [2.24, 2.45) is 0 Å². The number of aromatic amines is 2. The molecule has 0 aromatic carbocycles. The van der Waals surface area contributed by atoms with Crippen LogP contribution in [0.5, 0.6) is 0 Å². The van der Waals surface area contributed by atoms with Gasteiger partial charge in [0, 0.05) is 0 Å². The van der Waals surface area contributed by atoms with Gasteiger partial charge in [0.25, 0.3) is 5.56 Å². The minimum Gasteiger partial charge on any atom is -0.388 e. The Morgan fingerprint density at radius 3 is 2.75 bits per heavy atom. The highest BCUT2D eigenvalue weighted by Crippen LogP contribution is 2.25. The third-order valence-electron chi connectivity index (χ3n) is 3.22. The Morgan fingerprint density at radius 1 is 1.25 bits per heavy atom. The standard InChI is InChI=1S/C10H12N4O6/c15-3-1-20-9(6(17)5(3)16)14-2-11-4-7(14)12-10(19)13-8(4)18/h2-3,5-6,9,15-17H,1H2,(H2,12,13,18,19)/t3-,5-,6-,9-/m1/s1. The number of ether oxygens (including phenoxy) is 1. The van der Waals surface area contributed by atoms with E-state index in [1.807, 2.05) is 4.98 Å². The van der Waals surface area contributed by atoms with Crippen LogP contribution in [0.25, 0.3) is 11.2 Å². The molecule has 0 saturated carbocycles. The Kier molecular flexibility index (Phi) is 2.94. The maximum atomic E-state index is 11.5. The van der Waals surface area contributed by atoms with E-state index in [1.165, 1.54) is 10.9 Å². The number of aromatic nitrogens is 4. The molecule has 1 saturated heterocycles. The van der Waals surface area contributed by atoms with E-state index < -0.39 is 35.8 Å². The van der Waals surface area contributed by atoms with Crippen molar-refractivity contribution in [3.05, 3.63) is 27.2 Å². The SMILES string of the molecule is O=c1[nH]c(=O)c2ncn([C@@H]3OC[C@@H](O)[C@@H](O)[C@H]3O)c2[nH]1. The van der Waals surface area contributed by atoms with Gasteiger partial charge in [-0.25, -0.2) is 9.78 Å². The maximum Gasteiger partial charge on any atom is 0.327 e. The number of H-pyrrole nitrogens is 2. The molecule has 1 aliphatic rings. The van der Waals surface area contributed by atoms with Crippen molar-refractivity contribution >= 4 is 11.2 Å². The average molecular weight is 284 g/mol. The summed E-state index contributed by atoms with van der Waals surface area (Å²) in [6.45, 7) is -0.198. The summed E-state index contributed by atoms with van der Waals surface area (Å²) in [5.41, 5.74) is -1.36. The van der Waals surface area contributed by atoms with Crippen molar-refractivity contribution in [1.29, 1.82) is 0 Å². The van der Waals surface area contributed by atoms with E-state index in [9.17, 15) is 24.9 Å². The number of rotatable bonds is 1. The third-order valence-corrected chi connectivity index (χ3v) is 3.22. The summed E-state index contributed by atoms with van der Waals surface area (Å²) in [7, 11) is 0. The van der Waals surface area contributed by atoms with Crippen molar-refractivity contribution in [2.75, 3.05) is 6.61 Å². The molecule has 5 N–H and O–H groups in total. The lowest BCUT2D eigenvalue weighted by atomic mass is 10.0. The van der Waals surface area contributed by atoms with E-state index in [2.05, 4.69) is 9.97 Å². The first kappa shape index (κ1) is 13.0. The Bertz CT molecular complexity index is 748. The predicted molar refractivity (Wildman–Crippen MR) is 64.0 cm³/mol. The van der Waals surface area contributed by atoms with E-state index in [0.717, 1.165) is 0 Å². The fourth-order valence-electron chi connectivity index (χ4n) is 2.18. The number of fused-ring (bicyclic) bond motifs is 1. The van der Waals surface area contributed by atoms with Crippen LogP contribution in [0, 0.1) is 0 Å². The molecule has 0 unspecified atom stereocenters. The first-order chi connectivity index (χ1) is 9.49. The lowest BCUT2D eigenvalue weighted by molar-refractivity contribution is -0.210. The quantitative estimate of drug-likeness (QED) is 0.374. The molecule has 20 heavy (non-hydrogen) atoms. The van der Waals surface area contributed by atoms with Crippen molar-refractivity contribution in [3.63, 3.8) is 0 Å². The third kappa shape index (κ3) is 1.86. The van der Waals surface area contributed by atoms with E-state index in [4.69, 9.17) is 4.74 Å². The molecule has 4 atom stereocenters. The summed E-state index contributed by atoms with van der Waals surface area (Å²) < 4.78 is 6.46. The van der Waals surface area contributed by atoms with Gasteiger partial charge in [0.2, 0.25) is 0 Å². The molecule has 0 amide bonds. The fraction of sp³-hybridized carbons (Fsp3) is 0.500. The molecule has 2 aromatic rings. The summed E-state index contributed by atoms with van der Waals surface area (Å²) in [5, 5.41) is 29.0. The first-order valence-corrected chi connectivity index (χ1v) is 5.84. The lowest BCUT2D eigenvalue weighted by Crippen LogP contribution is -2.50. The highest BCUT2D eigenvalue weighted by Gasteiger charge is 2.39. The number of aliphatic hydroxyl groups is 3. The predicted octanol–water partition coefficient (Wildman–Crippen LogP) is -2.98. The number of nitrogens with zero attached hydrogens (tertiary/aromatic N) is 2. The smallest absolute Gasteiger partial charge is 0.327 e. The van der Waals surface area contributed by atoms with Crippen molar-refractivity contribution in [2.45, 2.75) is 24.5 Å². The summed E-state index contributed by atoms with van der Waals surface area (Å²) >= 11 is 0. The Labute approximate surface area is 110 Å². The Hall–Kier alpha value is -2.01. The summed E-state index contributed by atoms with van der Waals surface area (Å²) in [5.74, 6) is 0. The van der Waals surface area contributed by atoms with Gasteiger partial charge in [-0.3, -0.25) is 19.3 Å². The Balaban J connectivity index is 2.11. The number of imidazole rings is 1. The summed E-state index contributed by atoms with van der Waals surface area (Å²) in [4.78, 5) is 31.1. The van der Waals surface area contributed by atoms with Gasteiger partial charge in [-0.1, -0.05) is 0 Å². The van der Waals surface area contributed by atoms with E-state index >= 15 is 0 Å². The first-order valence-electron chi connectivity index (χ1n) is 5.84. The van der Waals surface area contributed by atoms with E-state index in [0.29, 0.717) is 0 Å². The van der Waals surface area contributed by atoms with Crippen molar-refractivity contribution < 1.29 is 20.1 Å². The molecule has 3 heterocycles. The van der Waals surface area contributed by atoms with Gasteiger partial charge in [-0.15, -0.1) is 0 Å². The molecule has 0 bridgehead atoms. The molecular weight excluding hydrogens is 272 g/mol. The van der Waals surface area contributed by atoms with E-state index in [-0.39, 0.29) is 17.8 Å². The molecule has 3 rings (SSSR count). The van der Waals surface area contributed by atoms with Gasteiger partial charge in [-0.2, -0.15) is 0 Å². The molecule has 2 aromatic heterocycles. The van der Waals surface area contributed by atoms with Gasteiger partial charge in [0.15, 0.2) is 11.7 Å². The maximum absolute atomic E-state index is 11.5. The van der Waals surface area contributed by atoms with Crippen molar-refractivity contribution in [1.82, 2.24) is 19.5 Å². The fourth-order valence-corrected chi connectivity index (χ4v) is 2.18. The monoisotopic (exact) mass is 284 g/mol. The summed E-state index contributed by atoms with van der Waals surface area (Å²) in [6, 6.07) is 0. The zero-order valence-electron chi connectivity index (χ0n) is 10.1. The van der Waals surface area contributed by atoms with Crippen LogP contribution in [0.3, 0.4) is 0 Å². The van der Waals surface area contributed by atoms with Crippen LogP contribution in [0.1, 0.15) is 6.23 Å². The number of nitrogens with one attached hydrogen (secondary N) is 2. The molecular formula is C10H12N4O6. The molecule has 0 aliphatic carbocycles. The molecule has 0 spiro atoms. The number of hydrogen-bond acceptors (Lipinski definition) is 7. The minimum absolute atomic E-state index is 0.0268. The molecule has 0 radical (unpaired) electrons. The summed E-state index contributed by atoms with van der Waals surface area (Å²) in [6.07, 6.45) is -3.91. The van der Waals surface area contributed by atoms with Gasteiger partial charge in [0.1, 0.15) is 24.0 Å². The van der Waals surface area contributed by atoms with Crippen LogP contribution in [-0.4, -0.2) is 59.8 Å². The minimum atomic E-state index is -1.43. The molecule has 1 fully saturated rings. The second kappa shape index (κ2) is 4.52. The van der Waals surface area contributed by atoms with Crippen LogP contribution in [0.4, 0.5) is 0 Å². The molecule has 1 aliphatic heterocycles. The van der Waals surface area contributed by atoms with Gasteiger partial charge >= 0.3 is 5.69 Å². The van der Waals surface area contributed by atoms with Gasteiger partial charge in [-0.05, 0) is 0 Å². The van der Waals surface area contributed by atoms with Crippen LogP contribution in [0.15, 0.2) is 15.9 Å². The van der Waals surface area contributed by atoms with Gasteiger partial charge in [0.05, 0.1) is 12.9 Å². The van der Waals surface area contributed by atoms with Crippen LogP contribution < -0.4 is 11.2 Å². The zero-order valence-corrected chi connectivity index (χ0v) is 10.1. The zero-order chi connectivity index (χ0) is 14.4. The molecule has 10 heteroatoms. The molecule has 10 nitrogen and oxygen atoms in total. The van der Waals surface area contributed by atoms with Crippen LogP contribution >= 0.6 is 0 Å². The highest BCUT2D eigenvalue weighted by molar-refractivity contribution is 5.68. The van der Waals surface area contributed by atoms with Crippen LogP contribution in [0.2, 0.25) is 0 Å². The average Bonchev–Trinajstić information content (AvgIpc) is 2.80. The van der Waals surface area contributed by atoms with Crippen LogP contribution in [-0.2, 0) is 4.74 Å². The lowest BCUT2D eigenvalue weighted by Gasteiger charge is -2.35. The van der Waals surface area contributed by atoms with Gasteiger partial charge < -0.3 is 20.1 Å². The highest BCUT2D eigenvalue weighted by atomic mass is 16.5. The number of aliphatic hydroxyl groups excluding tert-OH is 3. The number of hydrogen-bond donors (Lipinski definition) is 5.